The Labute approximate surface area is 129 Å². The van der Waals surface area contributed by atoms with Crippen molar-refractivity contribution < 1.29 is 14.4 Å². The van der Waals surface area contributed by atoms with Gasteiger partial charge in [0.15, 0.2) is 0 Å². The van der Waals surface area contributed by atoms with Gasteiger partial charge in [0.25, 0.3) is 0 Å². The second-order valence-electron chi connectivity index (χ2n) is 5.16. The van der Waals surface area contributed by atoms with Crippen molar-refractivity contribution in [1.29, 1.82) is 0 Å². The van der Waals surface area contributed by atoms with Gasteiger partial charge < -0.3 is 15.5 Å². The predicted molar refractivity (Wildman–Crippen MR) is 83.3 cm³/mol. The maximum absolute atomic E-state index is 12.4. The molecular formula is C16H19N3O3. The molecule has 2 rings (SSSR count). The van der Waals surface area contributed by atoms with Crippen LogP contribution in [0.4, 0.5) is 5.69 Å². The van der Waals surface area contributed by atoms with Crippen LogP contribution in [0.5, 0.6) is 0 Å². The highest BCUT2D eigenvalue weighted by Crippen LogP contribution is 2.22. The van der Waals surface area contributed by atoms with Crippen LogP contribution in [0.3, 0.4) is 0 Å². The summed E-state index contributed by atoms with van der Waals surface area (Å²) < 4.78 is 0. The lowest BCUT2D eigenvalue weighted by Crippen LogP contribution is -2.45. The second kappa shape index (κ2) is 6.89. The molecule has 22 heavy (non-hydrogen) atoms. The molecule has 1 heterocycles. The molecule has 0 bridgehead atoms. The first-order valence-electron chi connectivity index (χ1n) is 7.09. The first kappa shape index (κ1) is 15.8. The van der Waals surface area contributed by atoms with Crippen LogP contribution in [-0.4, -0.2) is 36.9 Å². The van der Waals surface area contributed by atoms with E-state index < -0.39 is 11.9 Å². The summed E-state index contributed by atoms with van der Waals surface area (Å²) in [6, 6.07) is 7.13. The number of nitrogens with zero attached hydrogens (tertiary/aromatic N) is 1. The van der Waals surface area contributed by atoms with Gasteiger partial charge in [0.05, 0.1) is 6.54 Å². The number of aryl methyl sites for hydroxylation is 1. The second-order valence-corrected chi connectivity index (χ2v) is 5.16. The highest BCUT2D eigenvalue weighted by molar-refractivity contribution is 6.01. The Balaban J connectivity index is 1.92. The smallest absolute Gasteiger partial charge is 0.249 e. The minimum atomic E-state index is -0.548. The number of amides is 3. The van der Waals surface area contributed by atoms with Gasteiger partial charge in [-0.1, -0.05) is 18.7 Å². The van der Waals surface area contributed by atoms with E-state index >= 15 is 0 Å². The van der Waals surface area contributed by atoms with Crippen molar-refractivity contribution in [3.63, 3.8) is 0 Å². The Morgan fingerprint density at radius 1 is 1.45 bits per heavy atom. The number of nitrogens with one attached hydrogen (secondary N) is 2. The summed E-state index contributed by atoms with van der Waals surface area (Å²) in [6.45, 7) is 5.66. The zero-order valence-electron chi connectivity index (χ0n) is 12.5. The van der Waals surface area contributed by atoms with Crippen molar-refractivity contribution in [3.05, 3.63) is 42.5 Å². The van der Waals surface area contributed by atoms with Crippen molar-refractivity contribution >= 4 is 23.4 Å². The minimum absolute atomic E-state index is 0.131. The molecule has 6 heteroatoms. The van der Waals surface area contributed by atoms with Gasteiger partial charge in [-0.2, -0.15) is 0 Å². The SMILES string of the molecule is C=CC(=O)NCC(=O)NC1CCN(c2cccc(C)c2)C1=O. The van der Waals surface area contributed by atoms with Crippen molar-refractivity contribution in [3.8, 4) is 0 Å². The average molecular weight is 301 g/mol. The molecule has 1 aromatic carbocycles. The molecule has 1 atom stereocenters. The molecule has 0 spiro atoms. The van der Waals surface area contributed by atoms with E-state index in [0.29, 0.717) is 13.0 Å². The van der Waals surface area contributed by atoms with Gasteiger partial charge in [-0.15, -0.1) is 0 Å². The van der Waals surface area contributed by atoms with Gasteiger partial charge >= 0.3 is 0 Å². The molecule has 116 valence electrons. The summed E-state index contributed by atoms with van der Waals surface area (Å²) >= 11 is 0. The normalized spacial score (nSPS) is 17.2. The first-order chi connectivity index (χ1) is 10.5. The quantitative estimate of drug-likeness (QED) is 0.778. The third-order valence-electron chi connectivity index (χ3n) is 3.46. The number of carbonyl (C=O) groups excluding carboxylic acids is 3. The van der Waals surface area contributed by atoms with Crippen molar-refractivity contribution in [1.82, 2.24) is 10.6 Å². The van der Waals surface area contributed by atoms with Gasteiger partial charge in [0.1, 0.15) is 6.04 Å². The van der Waals surface area contributed by atoms with Gasteiger partial charge in [0.2, 0.25) is 17.7 Å². The summed E-state index contributed by atoms with van der Waals surface area (Å²) in [4.78, 5) is 36.8. The fourth-order valence-electron chi connectivity index (χ4n) is 2.35. The molecule has 1 fully saturated rings. The van der Waals surface area contributed by atoms with E-state index in [4.69, 9.17) is 0 Å². The van der Waals surface area contributed by atoms with Crippen LogP contribution in [0.25, 0.3) is 0 Å². The highest BCUT2D eigenvalue weighted by Gasteiger charge is 2.33. The van der Waals surface area contributed by atoms with Gasteiger partial charge in [-0.3, -0.25) is 14.4 Å². The number of anilines is 1. The molecular weight excluding hydrogens is 282 g/mol. The van der Waals surface area contributed by atoms with Crippen LogP contribution in [0.15, 0.2) is 36.9 Å². The van der Waals surface area contributed by atoms with E-state index in [1.165, 1.54) is 0 Å². The molecule has 1 aromatic rings. The van der Waals surface area contributed by atoms with E-state index in [1.54, 1.807) is 4.90 Å². The van der Waals surface area contributed by atoms with Gasteiger partial charge in [-0.05, 0) is 37.1 Å². The standard InChI is InChI=1S/C16H19N3O3/c1-3-14(20)17-10-15(21)18-13-7-8-19(16(13)22)12-6-4-5-11(2)9-12/h3-6,9,13H,1,7-8,10H2,2H3,(H,17,20)(H,18,21). The molecule has 1 unspecified atom stereocenters. The van der Waals surface area contributed by atoms with E-state index in [1.807, 2.05) is 31.2 Å². The lowest BCUT2D eigenvalue weighted by Gasteiger charge is -2.17. The molecule has 1 saturated heterocycles. The van der Waals surface area contributed by atoms with Crippen LogP contribution in [0.2, 0.25) is 0 Å². The molecule has 2 N–H and O–H groups in total. The van der Waals surface area contributed by atoms with E-state index in [-0.39, 0.29) is 18.4 Å². The highest BCUT2D eigenvalue weighted by atomic mass is 16.2. The van der Waals surface area contributed by atoms with Crippen LogP contribution in [0.1, 0.15) is 12.0 Å². The Morgan fingerprint density at radius 3 is 2.91 bits per heavy atom. The third kappa shape index (κ3) is 3.72. The molecule has 3 amide bonds. The number of carbonyl (C=O) groups is 3. The zero-order valence-corrected chi connectivity index (χ0v) is 12.5. The summed E-state index contributed by atoms with van der Waals surface area (Å²) in [5, 5.41) is 5.02. The molecule has 1 aliphatic heterocycles. The molecule has 6 nitrogen and oxygen atoms in total. The van der Waals surface area contributed by atoms with E-state index in [9.17, 15) is 14.4 Å². The summed E-state index contributed by atoms with van der Waals surface area (Å²) in [6.07, 6.45) is 1.64. The Kier molecular flexibility index (Phi) is 4.93. The lowest BCUT2D eigenvalue weighted by molar-refractivity contribution is -0.127. The monoisotopic (exact) mass is 301 g/mol. The first-order valence-corrected chi connectivity index (χ1v) is 7.09. The van der Waals surface area contributed by atoms with Crippen LogP contribution >= 0.6 is 0 Å². The number of benzene rings is 1. The number of hydrogen-bond acceptors (Lipinski definition) is 3. The van der Waals surface area contributed by atoms with Crippen LogP contribution in [-0.2, 0) is 14.4 Å². The molecule has 0 radical (unpaired) electrons. The summed E-state index contributed by atoms with van der Waals surface area (Å²) in [5.74, 6) is -0.942. The maximum atomic E-state index is 12.4. The van der Waals surface area contributed by atoms with Crippen LogP contribution < -0.4 is 15.5 Å². The zero-order chi connectivity index (χ0) is 16.1. The Morgan fingerprint density at radius 2 is 2.23 bits per heavy atom. The van der Waals surface area contributed by atoms with Crippen LogP contribution in [0, 0.1) is 6.92 Å². The summed E-state index contributed by atoms with van der Waals surface area (Å²) in [5.41, 5.74) is 1.91. The fourth-order valence-corrected chi connectivity index (χ4v) is 2.35. The Bertz CT molecular complexity index is 612. The fraction of sp³-hybridized carbons (Fsp3) is 0.312. The maximum Gasteiger partial charge on any atom is 0.249 e. The van der Waals surface area contributed by atoms with Gasteiger partial charge in [0, 0.05) is 12.2 Å². The average Bonchev–Trinajstić information content (AvgIpc) is 2.86. The van der Waals surface area contributed by atoms with Crippen molar-refractivity contribution in [2.75, 3.05) is 18.0 Å². The largest absolute Gasteiger partial charge is 0.344 e. The van der Waals surface area contributed by atoms with E-state index in [2.05, 4.69) is 17.2 Å². The topological polar surface area (TPSA) is 78.5 Å². The number of rotatable bonds is 5. The molecule has 0 aliphatic carbocycles. The minimum Gasteiger partial charge on any atom is -0.344 e. The molecule has 0 saturated carbocycles. The third-order valence-corrected chi connectivity index (χ3v) is 3.46. The Hall–Kier alpha value is -2.63. The molecule has 1 aliphatic rings. The van der Waals surface area contributed by atoms with E-state index in [0.717, 1.165) is 17.3 Å². The lowest BCUT2D eigenvalue weighted by atomic mass is 10.2. The van der Waals surface area contributed by atoms with Gasteiger partial charge in [-0.25, -0.2) is 0 Å². The predicted octanol–water partition coefficient (Wildman–Crippen LogP) is 0.519. The molecule has 0 aromatic heterocycles. The number of hydrogen-bond donors (Lipinski definition) is 2. The summed E-state index contributed by atoms with van der Waals surface area (Å²) in [7, 11) is 0. The van der Waals surface area contributed by atoms with Crippen molar-refractivity contribution in [2.24, 2.45) is 0 Å². The van der Waals surface area contributed by atoms with Crippen molar-refractivity contribution in [2.45, 2.75) is 19.4 Å².